The first-order chi connectivity index (χ1) is 10.0. The monoisotopic (exact) mass is 310 g/mol. The summed E-state index contributed by atoms with van der Waals surface area (Å²) in [6.45, 7) is 3.06. The van der Waals surface area contributed by atoms with E-state index in [-0.39, 0.29) is 30.5 Å². The number of carbonyl (C=O) groups is 2. The van der Waals surface area contributed by atoms with E-state index in [9.17, 15) is 9.59 Å². The Hall–Kier alpha value is -1.40. The minimum absolute atomic E-state index is 0.0340. The predicted octanol–water partition coefficient (Wildman–Crippen LogP) is 1.90. The number of carbonyl (C=O) groups excluding carboxylic acids is 2. The Labute approximate surface area is 129 Å². The molecule has 116 valence electrons. The van der Waals surface area contributed by atoms with Crippen LogP contribution in [-0.2, 0) is 14.3 Å². The van der Waals surface area contributed by atoms with Gasteiger partial charge in [0.1, 0.15) is 6.04 Å². The summed E-state index contributed by atoms with van der Waals surface area (Å²) in [4.78, 5) is 29.0. The van der Waals surface area contributed by atoms with Crippen LogP contribution >= 0.6 is 11.3 Å². The molecular weight excluding hydrogens is 288 g/mol. The number of likely N-dealkylation sites (tertiary alicyclic amines) is 1. The maximum absolute atomic E-state index is 12.4. The predicted molar refractivity (Wildman–Crippen MR) is 82.1 cm³/mol. The minimum atomic E-state index is -0.274. The normalized spacial score (nSPS) is 20.2. The highest BCUT2D eigenvalue weighted by Crippen LogP contribution is 2.24. The van der Waals surface area contributed by atoms with Crippen LogP contribution in [0.3, 0.4) is 0 Å². The van der Waals surface area contributed by atoms with Crippen LogP contribution in [0.4, 0.5) is 0 Å². The van der Waals surface area contributed by atoms with Crippen LogP contribution in [0.5, 0.6) is 0 Å². The number of likely N-dealkylation sites (N-methyl/N-ethyl adjacent to an activating group) is 1. The lowest BCUT2D eigenvalue weighted by atomic mass is 10.2. The summed E-state index contributed by atoms with van der Waals surface area (Å²) in [7, 11) is 3.21. The summed E-state index contributed by atoms with van der Waals surface area (Å²) in [5.41, 5.74) is 0. The molecular formula is C15H22N2O3S. The van der Waals surface area contributed by atoms with Crippen LogP contribution in [0.2, 0.25) is 0 Å². The van der Waals surface area contributed by atoms with Crippen molar-refractivity contribution in [2.24, 2.45) is 0 Å². The summed E-state index contributed by atoms with van der Waals surface area (Å²) < 4.78 is 4.81. The summed E-state index contributed by atoms with van der Waals surface area (Å²) in [5, 5.41) is 2.01. The van der Waals surface area contributed by atoms with Crippen LogP contribution in [0.15, 0.2) is 17.5 Å². The van der Waals surface area contributed by atoms with E-state index in [0.717, 1.165) is 24.3 Å². The fourth-order valence-electron chi connectivity index (χ4n) is 2.64. The lowest BCUT2D eigenvalue weighted by Crippen LogP contribution is -2.44. The Balaban J connectivity index is 1.95. The van der Waals surface area contributed by atoms with E-state index in [0.29, 0.717) is 0 Å². The average Bonchev–Trinajstić information content (AvgIpc) is 3.16. The zero-order valence-corrected chi connectivity index (χ0v) is 13.6. The Bertz CT molecular complexity index is 489. The standard InChI is InChI=1S/C15H22N2O3S/c1-11(13-7-5-9-21-13)16(2)14(18)10-17-8-4-6-12(17)15(19)20-3/h5,7,9,11-12H,4,6,8,10H2,1-3H3/t11-,12+/m0/s1. The molecule has 2 rings (SSSR count). The number of esters is 1. The van der Waals surface area contributed by atoms with E-state index in [1.807, 2.05) is 36.4 Å². The van der Waals surface area contributed by atoms with Crippen LogP contribution < -0.4 is 0 Å². The third kappa shape index (κ3) is 3.63. The molecule has 0 N–H and O–H groups in total. The maximum Gasteiger partial charge on any atom is 0.323 e. The summed E-state index contributed by atoms with van der Waals surface area (Å²) >= 11 is 1.65. The van der Waals surface area contributed by atoms with Crippen molar-refractivity contribution in [2.45, 2.75) is 31.8 Å². The van der Waals surface area contributed by atoms with Crippen molar-refractivity contribution in [3.05, 3.63) is 22.4 Å². The average molecular weight is 310 g/mol. The van der Waals surface area contributed by atoms with Crippen molar-refractivity contribution in [1.29, 1.82) is 0 Å². The number of rotatable bonds is 5. The van der Waals surface area contributed by atoms with Gasteiger partial charge in [-0.05, 0) is 37.8 Å². The zero-order valence-electron chi connectivity index (χ0n) is 12.7. The largest absolute Gasteiger partial charge is 0.468 e. The van der Waals surface area contributed by atoms with Crippen LogP contribution in [0.1, 0.15) is 30.7 Å². The number of thiophene rings is 1. The van der Waals surface area contributed by atoms with E-state index in [2.05, 4.69) is 0 Å². The second-order valence-electron chi connectivity index (χ2n) is 5.35. The van der Waals surface area contributed by atoms with E-state index >= 15 is 0 Å². The molecule has 0 aliphatic carbocycles. The highest BCUT2D eigenvalue weighted by atomic mass is 32.1. The van der Waals surface area contributed by atoms with Gasteiger partial charge in [-0.1, -0.05) is 6.07 Å². The summed E-state index contributed by atoms with van der Waals surface area (Å²) in [6, 6.07) is 3.80. The first-order valence-corrected chi connectivity index (χ1v) is 8.03. The summed E-state index contributed by atoms with van der Waals surface area (Å²) in [5.74, 6) is -0.207. The SMILES string of the molecule is COC(=O)[C@H]1CCCN1CC(=O)N(C)[C@@H](C)c1cccs1. The second-order valence-corrected chi connectivity index (χ2v) is 6.33. The lowest BCUT2D eigenvalue weighted by Gasteiger charge is -2.28. The van der Waals surface area contributed by atoms with Gasteiger partial charge in [0, 0.05) is 11.9 Å². The molecule has 6 heteroatoms. The third-order valence-electron chi connectivity index (χ3n) is 4.10. The number of methoxy groups -OCH3 is 1. The fraction of sp³-hybridized carbons (Fsp3) is 0.600. The van der Waals surface area contributed by atoms with E-state index in [4.69, 9.17) is 4.74 Å². The van der Waals surface area contributed by atoms with Crippen molar-refractivity contribution in [2.75, 3.05) is 27.2 Å². The molecule has 1 aliphatic heterocycles. The Morgan fingerprint density at radius 2 is 2.33 bits per heavy atom. The molecule has 2 atom stereocenters. The zero-order chi connectivity index (χ0) is 15.4. The fourth-order valence-corrected chi connectivity index (χ4v) is 3.47. The molecule has 0 aromatic carbocycles. The lowest BCUT2D eigenvalue weighted by molar-refractivity contribution is -0.146. The van der Waals surface area contributed by atoms with Gasteiger partial charge in [-0.25, -0.2) is 0 Å². The molecule has 0 unspecified atom stereocenters. The molecule has 1 amide bonds. The van der Waals surface area contributed by atoms with Gasteiger partial charge < -0.3 is 9.64 Å². The molecule has 0 radical (unpaired) electrons. The molecule has 1 aromatic rings. The molecule has 0 bridgehead atoms. The van der Waals surface area contributed by atoms with Crippen LogP contribution in [0, 0.1) is 0 Å². The minimum Gasteiger partial charge on any atom is -0.468 e. The number of nitrogens with zero attached hydrogens (tertiary/aromatic N) is 2. The number of hydrogen-bond acceptors (Lipinski definition) is 5. The first kappa shape index (κ1) is 16.0. The van der Waals surface area contributed by atoms with Gasteiger partial charge in [-0.2, -0.15) is 0 Å². The maximum atomic E-state index is 12.4. The van der Waals surface area contributed by atoms with Gasteiger partial charge in [0.05, 0.1) is 19.7 Å². The Morgan fingerprint density at radius 1 is 1.57 bits per heavy atom. The molecule has 21 heavy (non-hydrogen) atoms. The number of hydrogen-bond donors (Lipinski definition) is 0. The Kier molecular flexibility index (Phi) is 5.36. The first-order valence-electron chi connectivity index (χ1n) is 7.15. The van der Waals surface area contributed by atoms with Crippen molar-refractivity contribution in [1.82, 2.24) is 9.80 Å². The van der Waals surface area contributed by atoms with Crippen molar-refractivity contribution in [3.8, 4) is 0 Å². The molecule has 1 fully saturated rings. The molecule has 5 nitrogen and oxygen atoms in total. The van der Waals surface area contributed by atoms with Gasteiger partial charge >= 0.3 is 5.97 Å². The quantitative estimate of drug-likeness (QED) is 0.780. The number of ether oxygens (including phenoxy) is 1. The van der Waals surface area contributed by atoms with Gasteiger partial charge in [-0.15, -0.1) is 11.3 Å². The van der Waals surface area contributed by atoms with Crippen molar-refractivity contribution in [3.63, 3.8) is 0 Å². The molecule has 1 aliphatic rings. The highest BCUT2D eigenvalue weighted by molar-refractivity contribution is 7.10. The van der Waals surface area contributed by atoms with Crippen LogP contribution in [0.25, 0.3) is 0 Å². The molecule has 2 heterocycles. The molecule has 0 spiro atoms. The Morgan fingerprint density at radius 3 is 2.95 bits per heavy atom. The number of amides is 1. The molecule has 0 saturated carbocycles. The summed E-state index contributed by atoms with van der Waals surface area (Å²) in [6.07, 6.45) is 1.70. The van der Waals surface area contributed by atoms with Crippen molar-refractivity contribution < 1.29 is 14.3 Å². The smallest absolute Gasteiger partial charge is 0.323 e. The highest BCUT2D eigenvalue weighted by Gasteiger charge is 2.33. The van der Waals surface area contributed by atoms with E-state index in [1.54, 1.807) is 16.2 Å². The van der Waals surface area contributed by atoms with Gasteiger partial charge in [0.25, 0.3) is 0 Å². The second kappa shape index (κ2) is 7.04. The van der Waals surface area contributed by atoms with Gasteiger partial charge in [0.15, 0.2) is 0 Å². The molecule has 1 aromatic heterocycles. The van der Waals surface area contributed by atoms with E-state index in [1.165, 1.54) is 7.11 Å². The van der Waals surface area contributed by atoms with Crippen LogP contribution in [-0.4, -0.2) is 55.0 Å². The van der Waals surface area contributed by atoms with Gasteiger partial charge in [-0.3, -0.25) is 14.5 Å². The van der Waals surface area contributed by atoms with E-state index < -0.39 is 0 Å². The third-order valence-corrected chi connectivity index (χ3v) is 5.15. The van der Waals surface area contributed by atoms with Crippen molar-refractivity contribution >= 4 is 23.2 Å². The van der Waals surface area contributed by atoms with Gasteiger partial charge in [0.2, 0.25) is 5.91 Å². The topological polar surface area (TPSA) is 49.9 Å². The molecule has 1 saturated heterocycles.